The van der Waals surface area contributed by atoms with Crippen molar-refractivity contribution < 1.29 is 23.8 Å². The van der Waals surface area contributed by atoms with Gasteiger partial charge >= 0.3 is 5.97 Å². The third-order valence-electron chi connectivity index (χ3n) is 4.07. The van der Waals surface area contributed by atoms with E-state index in [1.54, 1.807) is 18.2 Å². The molecule has 0 aliphatic carbocycles. The van der Waals surface area contributed by atoms with Crippen LogP contribution in [0.4, 0.5) is 0 Å². The van der Waals surface area contributed by atoms with E-state index in [2.05, 4.69) is 5.10 Å². The molecular formula is C20H20N2O5. The number of hydrazone groups is 1. The minimum Gasteiger partial charge on any atom is -0.493 e. The second-order valence-electron chi connectivity index (χ2n) is 6.06. The van der Waals surface area contributed by atoms with Crippen molar-refractivity contribution in [2.75, 3.05) is 7.11 Å². The van der Waals surface area contributed by atoms with Gasteiger partial charge in [0, 0.05) is 25.0 Å². The number of benzene rings is 2. The van der Waals surface area contributed by atoms with E-state index in [1.165, 1.54) is 26.0 Å². The van der Waals surface area contributed by atoms with E-state index < -0.39 is 12.2 Å². The number of hydrogen-bond acceptors (Lipinski definition) is 6. The number of carbonyl (C=O) groups is 2. The summed E-state index contributed by atoms with van der Waals surface area (Å²) in [6.07, 6.45) is -0.766. The predicted octanol–water partition coefficient (Wildman–Crippen LogP) is 3.17. The Labute approximate surface area is 157 Å². The van der Waals surface area contributed by atoms with Crippen LogP contribution in [0.2, 0.25) is 0 Å². The molecule has 2 aromatic carbocycles. The fourth-order valence-corrected chi connectivity index (χ4v) is 2.79. The van der Waals surface area contributed by atoms with Crippen LogP contribution in [-0.2, 0) is 14.3 Å². The molecule has 7 heteroatoms. The highest BCUT2D eigenvalue weighted by atomic mass is 16.6. The van der Waals surface area contributed by atoms with Crippen molar-refractivity contribution in [2.45, 2.75) is 27.0 Å². The maximum absolute atomic E-state index is 12.1. The molecule has 0 fully saturated rings. The average Bonchev–Trinajstić information content (AvgIpc) is 3.07. The van der Waals surface area contributed by atoms with Gasteiger partial charge < -0.3 is 14.2 Å². The monoisotopic (exact) mass is 368 g/mol. The smallest absolute Gasteiger partial charge is 0.308 e. The van der Waals surface area contributed by atoms with Crippen molar-refractivity contribution in [3.8, 4) is 11.5 Å². The van der Waals surface area contributed by atoms with E-state index in [1.807, 2.05) is 31.2 Å². The first kappa shape index (κ1) is 18.4. The lowest BCUT2D eigenvalue weighted by molar-refractivity contribution is -0.135. The Morgan fingerprint density at radius 1 is 1.11 bits per heavy atom. The predicted molar refractivity (Wildman–Crippen MR) is 98.4 cm³/mol. The van der Waals surface area contributed by atoms with Gasteiger partial charge in [-0.1, -0.05) is 18.2 Å². The summed E-state index contributed by atoms with van der Waals surface area (Å²) in [6, 6.07) is 12.6. The van der Waals surface area contributed by atoms with Crippen molar-refractivity contribution in [3.05, 3.63) is 59.2 Å². The van der Waals surface area contributed by atoms with Crippen molar-refractivity contribution in [2.24, 2.45) is 5.10 Å². The fourth-order valence-electron chi connectivity index (χ4n) is 2.79. The van der Waals surface area contributed by atoms with Crippen molar-refractivity contribution in [3.63, 3.8) is 0 Å². The molecule has 1 heterocycles. The molecule has 0 saturated carbocycles. The van der Waals surface area contributed by atoms with Crippen LogP contribution in [0.15, 0.2) is 47.6 Å². The molecular weight excluding hydrogens is 348 g/mol. The van der Waals surface area contributed by atoms with Crippen LogP contribution in [0.25, 0.3) is 0 Å². The topological polar surface area (TPSA) is 77.4 Å². The molecule has 0 spiro atoms. The number of esters is 1. The number of ether oxygens (including phenoxy) is 3. The zero-order valence-corrected chi connectivity index (χ0v) is 15.6. The number of rotatable bonds is 4. The number of carbonyl (C=O) groups excluding carboxylic acids is 2. The highest BCUT2D eigenvalue weighted by Crippen LogP contribution is 2.36. The molecule has 0 radical (unpaired) electrons. The minimum absolute atomic E-state index is 0.249. The molecule has 7 nitrogen and oxygen atoms in total. The van der Waals surface area contributed by atoms with Crippen molar-refractivity contribution in [1.82, 2.24) is 5.01 Å². The van der Waals surface area contributed by atoms with E-state index >= 15 is 0 Å². The fraction of sp³-hybridized carbons (Fsp3) is 0.250. The summed E-state index contributed by atoms with van der Waals surface area (Å²) in [5.74, 6) is 0.268. The first-order chi connectivity index (χ1) is 12.9. The largest absolute Gasteiger partial charge is 0.493 e. The van der Waals surface area contributed by atoms with Gasteiger partial charge in [-0.2, -0.15) is 5.01 Å². The Balaban J connectivity index is 1.98. The Hall–Kier alpha value is -3.35. The van der Waals surface area contributed by atoms with E-state index in [9.17, 15) is 9.59 Å². The molecule has 1 aliphatic rings. The van der Waals surface area contributed by atoms with Gasteiger partial charge in [-0.05, 0) is 36.8 Å². The van der Waals surface area contributed by atoms with Crippen LogP contribution >= 0.6 is 0 Å². The first-order valence-corrected chi connectivity index (χ1v) is 8.38. The molecule has 140 valence electrons. The second-order valence-corrected chi connectivity index (χ2v) is 6.06. The zero-order chi connectivity index (χ0) is 19.6. The molecule has 0 saturated heterocycles. The molecule has 1 amide bonds. The number of hydrogen-bond donors (Lipinski definition) is 0. The first-order valence-electron chi connectivity index (χ1n) is 8.38. The van der Waals surface area contributed by atoms with Crippen LogP contribution in [-0.4, -0.2) is 29.9 Å². The van der Waals surface area contributed by atoms with Gasteiger partial charge in [0.15, 0.2) is 11.5 Å². The van der Waals surface area contributed by atoms with Gasteiger partial charge in [0.2, 0.25) is 18.0 Å². The Kier molecular flexibility index (Phi) is 5.12. The summed E-state index contributed by atoms with van der Waals surface area (Å²) < 4.78 is 16.4. The van der Waals surface area contributed by atoms with Crippen molar-refractivity contribution in [1.29, 1.82) is 0 Å². The summed E-state index contributed by atoms with van der Waals surface area (Å²) in [7, 11) is 1.48. The summed E-state index contributed by atoms with van der Waals surface area (Å²) >= 11 is 0. The molecule has 1 aliphatic heterocycles. The lowest BCUT2D eigenvalue weighted by Gasteiger charge is -2.20. The number of methoxy groups -OCH3 is 1. The lowest BCUT2D eigenvalue weighted by atomic mass is 10.1. The van der Waals surface area contributed by atoms with E-state index in [0.717, 1.165) is 11.1 Å². The highest BCUT2D eigenvalue weighted by molar-refractivity contribution is 5.97. The standard InChI is InChI=1S/C20H20N2O5/c1-12-7-5-6-8-16(12)19-21-22(13(2)23)20(27-19)15-9-10-17(25-4)18(11-15)26-14(3)24/h5-11,20H,1-4H3. The van der Waals surface area contributed by atoms with E-state index in [0.29, 0.717) is 17.2 Å². The van der Waals surface area contributed by atoms with Crippen LogP contribution < -0.4 is 9.47 Å². The number of amides is 1. The molecule has 27 heavy (non-hydrogen) atoms. The summed E-state index contributed by atoms with van der Waals surface area (Å²) in [4.78, 5) is 23.5. The molecule has 0 aromatic heterocycles. The summed E-state index contributed by atoms with van der Waals surface area (Å²) in [6.45, 7) is 4.66. The lowest BCUT2D eigenvalue weighted by Crippen LogP contribution is -2.25. The third-order valence-corrected chi connectivity index (χ3v) is 4.07. The Bertz CT molecular complexity index is 922. The quantitative estimate of drug-likeness (QED) is 0.612. The molecule has 1 atom stereocenters. The van der Waals surface area contributed by atoms with Gasteiger partial charge in [0.05, 0.1) is 7.11 Å². The number of nitrogens with zero attached hydrogens (tertiary/aromatic N) is 2. The van der Waals surface area contributed by atoms with Gasteiger partial charge in [0.25, 0.3) is 0 Å². The minimum atomic E-state index is -0.766. The normalized spacial score (nSPS) is 15.8. The maximum atomic E-state index is 12.1. The van der Waals surface area contributed by atoms with Gasteiger partial charge in [-0.3, -0.25) is 9.59 Å². The molecule has 3 rings (SSSR count). The summed E-state index contributed by atoms with van der Waals surface area (Å²) in [5, 5.41) is 5.61. The SMILES string of the molecule is COc1ccc(C2OC(c3ccccc3C)=NN2C(C)=O)cc1OC(C)=O. The molecule has 2 aromatic rings. The van der Waals surface area contributed by atoms with Crippen LogP contribution in [0.3, 0.4) is 0 Å². The van der Waals surface area contributed by atoms with E-state index in [4.69, 9.17) is 14.2 Å². The van der Waals surface area contributed by atoms with E-state index in [-0.39, 0.29) is 11.7 Å². The van der Waals surface area contributed by atoms with Crippen molar-refractivity contribution >= 4 is 17.8 Å². The maximum Gasteiger partial charge on any atom is 0.308 e. The molecule has 0 bridgehead atoms. The zero-order valence-electron chi connectivity index (χ0n) is 15.6. The van der Waals surface area contributed by atoms with Crippen LogP contribution in [0, 0.1) is 6.92 Å². The van der Waals surface area contributed by atoms with Crippen LogP contribution in [0.1, 0.15) is 36.8 Å². The summed E-state index contributed by atoms with van der Waals surface area (Å²) in [5.41, 5.74) is 2.39. The average molecular weight is 368 g/mol. The Morgan fingerprint density at radius 2 is 1.85 bits per heavy atom. The second kappa shape index (κ2) is 7.49. The molecule has 1 unspecified atom stereocenters. The van der Waals surface area contributed by atoms with Gasteiger partial charge in [-0.15, -0.1) is 5.10 Å². The number of aryl methyl sites for hydroxylation is 1. The Morgan fingerprint density at radius 3 is 2.48 bits per heavy atom. The third kappa shape index (κ3) is 3.76. The molecule has 0 N–H and O–H groups in total. The highest BCUT2D eigenvalue weighted by Gasteiger charge is 2.34. The van der Waals surface area contributed by atoms with Gasteiger partial charge in [-0.25, -0.2) is 0 Å². The van der Waals surface area contributed by atoms with Gasteiger partial charge in [0.1, 0.15) is 0 Å². The van der Waals surface area contributed by atoms with Crippen LogP contribution in [0.5, 0.6) is 11.5 Å².